The number of primary amides is 1. The van der Waals surface area contributed by atoms with E-state index in [9.17, 15) is 4.79 Å². The molecule has 0 saturated carbocycles. The molecule has 16 heavy (non-hydrogen) atoms. The summed E-state index contributed by atoms with van der Waals surface area (Å²) in [5.41, 5.74) is 10.8. The quantitative estimate of drug-likeness (QED) is 0.661. The van der Waals surface area contributed by atoms with Crippen molar-refractivity contribution in [2.45, 2.75) is 38.4 Å². The van der Waals surface area contributed by atoms with E-state index in [1.54, 1.807) is 0 Å². The third-order valence-corrected chi connectivity index (χ3v) is 3.56. The van der Waals surface area contributed by atoms with Gasteiger partial charge in [0.1, 0.15) is 0 Å². The van der Waals surface area contributed by atoms with Gasteiger partial charge in [-0.15, -0.1) is 0 Å². The Morgan fingerprint density at radius 2 is 1.88 bits per heavy atom. The normalized spacial score (nSPS) is 30.2. The van der Waals surface area contributed by atoms with Gasteiger partial charge in [0.2, 0.25) is 5.91 Å². The van der Waals surface area contributed by atoms with Crippen molar-refractivity contribution in [1.82, 2.24) is 9.80 Å². The molecule has 1 amide bonds. The van der Waals surface area contributed by atoms with Gasteiger partial charge in [0, 0.05) is 31.7 Å². The van der Waals surface area contributed by atoms with Crippen LogP contribution in [0.15, 0.2) is 0 Å². The zero-order valence-electron chi connectivity index (χ0n) is 10.5. The van der Waals surface area contributed by atoms with Gasteiger partial charge in [-0.05, 0) is 27.3 Å². The molecule has 3 unspecified atom stereocenters. The molecule has 1 aliphatic rings. The fourth-order valence-electron chi connectivity index (χ4n) is 2.16. The number of rotatable bonds is 4. The largest absolute Gasteiger partial charge is 0.368 e. The highest BCUT2D eigenvalue weighted by molar-refractivity contribution is 5.79. The zero-order valence-corrected chi connectivity index (χ0v) is 10.5. The van der Waals surface area contributed by atoms with Gasteiger partial charge in [-0.1, -0.05) is 0 Å². The lowest BCUT2D eigenvalue weighted by Crippen LogP contribution is -2.55. The van der Waals surface area contributed by atoms with Crippen LogP contribution in [0.4, 0.5) is 0 Å². The SMILES string of the molecule is CC1CN(CCC(N)C(N)=O)CC(C)N1C. The van der Waals surface area contributed by atoms with E-state index in [1.807, 2.05) is 0 Å². The molecule has 3 atom stereocenters. The summed E-state index contributed by atoms with van der Waals surface area (Å²) >= 11 is 0. The maximum absolute atomic E-state index is 10.8. The molecule has 0 radical (unpaired) electrons. The lowest BCUT2D eigenvalue weighted by molar-refractivity contribution is -0.119. The number of carbonyl (C=O) groups excluding carboxylic acids is 1. The molecule has 94 valence electrons. The van der Waals surface area contributed by atoms with Crippen molar-refractivity contribution in [1.29, 1.82) is 0 Å². The van der Waals surface area contributed by atoms with Gasteiger partial charge in [0.15, 0.2) is 0 Å². The van der Waals surface area contributed by atoms with E-state index in [2.05, 4.69) is 30.7 Å². The van der Waals surface area contributed by atoms with E-state index in [4.69, 9.17) is 11.5 Å². The summed E-state index contributed by atoms with van der Waals surface area (Å²) in [6.45, 7) is 7.36. The number of amides is 1. The molecule has 0 aromatic rings. The lowest BCUT2D eigenvalue weighted by atomic mass is 10.1. The van der Waals surface area contributed by atoms with Crippen LogP contribution in [0.2, 0.25) is 0 Å². The van der Waals surface area contributed by atoms with E-state index in [0.29, 0.717) is 18.5 Å². The summed E-state index contributed by atoms with van der Waals surface area (Å²) in [6.07, 6.45) is 0.651. The molecule has 0 aromatic heterocycles. The van der Waals surface area contributed by atoms with E-state index in [0.717, 1.165) is 19.6 Å². The summed E-state index contributed by atoms with van der Waals surface area (Å²) in [5, 5.41) is 0. The highest BCUT2D eigenvalue weighted by Crippen LogP contribution is 2.13. The van der Waals surface area contributed by atoms with Crippen molar-refractivity contribution < 1.29 is 4.79 Å². The molecular weight excluding hydrogens is 204 g/mol. The number of likely N-dealkylation sites (N-methyl/N-ethyl adjacent to an activating group) is 1. The average molecular weight is 228 g/mol. The summed E-state index contributed by atoms with van der Waals surface area (Å²) in [5.74, 6) is -0.407. The highest BCUT2D eigenvalue weighted by Gasteiger charge is 2.26. The number of piperazine rings is 1. The Kier molecular flexibility index (Phi) is 4.70. The fourth-order valence-corrected chi connectivity index (χ4v) is 2.16. The second-order valence-corrected chi connectivity index (χ2v) is 4.92. The Morgan fingerprint density at radius 1 is 1.38 bits per heavy atom. The highest BCUT2D eigenvalue weighted by atomic mass is 16.1. The monoisotopic (exact) mass is 228 g/mol. The fraction of sp³-hybridized carbons (Fsp3) is 0.909. The van der Waals surface area contributed by atoms with E-state index < -0.39 is 11.9 Å². The minimum Gasteiger partial charge on any atom is -0.368 e. The van der Waals surface area contributed by atoms with E-state index >= 15 is 0 Å². The molecule has 5 nitrogen and oxygen atoms in total. The zero-order chi connectivity index (χ0) is 12.3. The molecule has 0 spiro atoms. The van der Waals surface area contributed by atoms with Crippen molar-refractivity contribution in [3.63, 3.8) is 0 Å². The first-order chi connectivity index (χ1) is 7.41. The first-order valence-corrected chi connectivity index (χ1v) is 5.91. The molecule has 4 N–H and O–H groups in total. The average Bonchev–Trinajstić information content (AvgIpc) is 2.22. The number of nitrogens with zero attached hydrogens (tertiary/aromatic N) is 2. The number of nitrogens with two attached hydrogens (primary N) is 2. The van der Waals surface area contributed by atoms with Crippen molar-refractivity contribution in [3.8, 4) is 0 Å². The van der Waals surface area contributed by atoms with Crippen LogP contribution in [0.25, 0.3) is 0 Å². The van der Waals surface area contributed by atoms with Gasteiger partial charge in [0.25, 0.3) is 0 Å². The maximum atomic E-state index is 10.8. The predicted molar refractivity (Wildman–Crippen MR) is 64.9 cm³/mol. The smallest absolute Gasteiger partial charge is 0.234 e. The van der Waals surface area contributed by atoms with Crippen LogP contribution in [-0.2, 0) is 4.79 Å². The second-order valence-electron chi connectivity index (χ2n) is 4.92. The third-order valence-electron chi connectivity index (χ3n) is 3.56. The van der Waals surface area contributed by atoms with Crippen LogP contribution < -0.4 is 11.5 Å². The van der Waals surface area contributed by atoms with Gasteiger partial charge in [-0.3, -0.25) is 9.69 Å². The van der Waals surface area contributed by atoms with Crippen LogP contribution in [0, 0.1) is 0 Å². The van der Waals surface area contributed by atoms with Crippen LogP contribution in [0.1, 0.15) is 20.3 Å². The Balaban J connectivity index is 2.36. The van der Waals surface area contributed by atoms with Crippen LogP contribution in [-0.4, -0.2) is 60.5 Å². The Bertz CT molecular complexity index is 234. The molecule has 1 aliphatic heterocycles. The molecule has 5 heteroatoms. The lowest BCUT2D eigenvalue weighted by Gasteiger charge is -2.42. The summed E-state index contributed by atoms with van der Waals surface area (Å²) in [7, 11) is 2.15. The van der Waals surface area contributed by atoms with Crippen molar-refractivity contribution >= 4 is 5.91 Å². The molecular formula is C11H24N4O. The van der Waals surface area contributed by atoms with Gasteiger partial charge in [0.05, 0.1) is 6.04 Å². The number of hydrogen-bond donors (Lipinski definition) is 2. The van der Waals surface area contributed by atoms with Gasteiger partial charge >= 0.3 is 0 Å². The Hall–Kier alpha value is -0.650. The molecule has 1 fully saturated rings. The van der Waals surface area contributed by atoms with Crippen molar-refractivity contribution in [2.24, 2.45) is 11.5 Å². The Labute approximate surface area is 97.7 Å². The number of carbonyl (C=O) groups is 1. The minimum atomic E-state index is -0.509. The van der Waals surface area contributed by atoms with Gasteiger partial charge in [-0.2, -0.15) is 0 Å². The van der Waals surface area contributed by atoms with Crippen LogP contribution in [0.5, 0.6) is 0 Å². The molecule has 0 aliphatic carbocycles. The maximum Gasteiger partial charge on any atom is 0.234 e. The molecule has 0 aromatic carbocycles. The molecule has 1 heterocycles. The third kappa shape index (κ3) is 3.43. The first-order valence-electron chi connectivity index (χ1n) is 5.91. The van der Waals surface area contributed by atoms with E-state index in [1.165, 1.54) is 0 Å². The summed E-state index contributed by atoms with van der Waals surface area (Å²) < 4.78 is 0. The van der Waals surface area contributed by atoms with Crippen LogP contribution in [0.3, 0.4) is 0 Å². The molecule has 0 bridgehead atoms. The van der Waals surface area contributed by atoms with E-state index in [-0.39, 0.29) is 0 Å². The van der Waals surface area contributed by atoms with Gasteiger partial charge < -0.3 is 16.4 Å². The topological polar surface area (TPSA) is 75.6 Å². The molecule has 1 saturated heterocycles. The standard InChI is InChI=1S/C11H24N4O/c1-8-6-15(7-9(2)14(8)3)5-4-10(12)11(13)16/h8-10H,4-7,12H2,1-3H3,(H2,13,16). The molecule has 1 rings (SSSR count). The predicted octanol–water partition coefficient (Wildman–Crippen LogP) is -0.786. The van der Waals surface area contributed by atoms with Crippen molar-refractivity contribution in [3.05, 3.63) is 0 Å². The number of hydrogen-bond acceptors (Lipinski definition) is 4. The van der Waals surface area contributed by atoms with Gasteiger partial charge in [-0.25, -0.2) is 0 Å². The summed E-state index contributed by atoms with van der Waals surface area (Å²) in [4.78, 5) is 15.6. The Morgan fingerprint density at radius 3 is 2.31 bits per heavy atom. The minimum absolute atomic E-state index is 0.407. The first kappa shape index (κ1) is 13.4. The summed E-state index contributed by atoms with van der Waals surface area (Å²) in [6, 6.07) is 0.590. The van der Waals surface area contributed by atoms with Crippen molar-refractivity contribution in [2.75, 3.05) is 26.7 Å². The second kappa shape index (κ2) is 5.61. The van der Waals surface area contributed by atoms with Crippen LogP contribution >= 0.6 is 0 Å².